The zero-order valence-electron chi connectivity index (χ0n) is 15.7. The van der Waals surface area contributed by atoms with E-state index in [0.717, 1.165) is 5.57 Å². The second-order valence-electron chi connectivity index (χ2n) is 6.86. The minimum absolute atomic E-state index is 0.0191. The van der Waals surface area contributed by atoms with Crippen LogP contribution in [0.25, 0.3) is 0 Å². The standard InChI is InChI=1S/C21H22O6/c1-10(2)5-6-13-12(4)19-17(8-16(13)24)26-20-14(9-22)15(23)7-11(3)18(20)21(25)27-19/h5,7-8,22-24H,6,9H2,1-4H3. The molecule has 6 heteroatoms. The van der Waals surface area contributed by atoms with Crippen LogP contribution in [0.2, 0.25) is 0 Å². The summed E-state index contributed by atoms with van der Waals surface area (Å²) in [6.45, 7) is 6.80. The van der Waals surface area contributed by atoms with Gasteiger partial charge in [0, 0.05) is 17.2 Å². The first kappa shape index (κ1) is 18.8. The lowest BCUT2D eigenvalue weighted by molar-refractivity contribution is 0.0735. The number of carbonyl (C=O) groups excluding carboxylic acids is 1. The number of aliphatic hydroxyl groups is 1. The van der Waals surface area contributed by atoms with Crippen molar-refractivity contribution < 1.29 is 29.6 Å². The topological polar surface area (TPSA) is 96.2 Å². The minimum Gasteiger partial charge on any atom is -0.508 e. The molecule has 0 aromatic heterocycles. The summed E-state index contributed by atoms with van der Waals surface area (Å²) < 4.78 is 11.4. The van der Waals surface area contributed by atoms with Crippen molar-refractivity contribution in [2.75, 3.05) is 0 Å². The molecule has 1 aliphatic heterocycles. The smallest absolute Gasteiger partial charge is 0.347 e. The molecule has 0 spiro atoms. The minimum atomic E-state index is -0.641. The fourth-order valence-electron chi connectivity index (χ4n) is 3.14. The van der Waals surface area contributed by atoms with E-state index in [1.165, 1.54) is 12.1 Å². The third-order valence-electron chi connectivity index (χ3n) is 4.64. The van der Waals surface area contributed by atoms with Gasteiger partial charge in [0.2, 0.25) is 0 Å². The molecular weight excluding hydrogens is 348 g/mol. The average molecular weight is 370 g/mol. The van der Waals surface area contributed by atoms with Gasteiger partial charge in [-0.05, 0) is 45.7 Å². The highest BCUT2D eigenvalue weighted by Crippen LogP contribution is 2.47. The third kappa shape index (κ3) is 3.24. The second kappa shape index (κ2) is 6.96. The molecule has 0 radical (unpaired) electrons. The Balaban J connectivity index is 2.21. The van der Waals surface area contributed by atoms with Gasteiger partial charge in [-0.15, -0.1) is 0 Å². The molecule has 0 unspecified atom stereocenters. The van der Waals surface area contributed by atoms with Gasteiger partial charge in [0.05, 0.1) is 12.2 Å². The predicted molar refractivity (Wildman–Crippen MR) is 99.8 cm³/mol. The van der Waals surface area contributed by atoms with Gasteiger partial charge < -0.3 is 24.8 Å². The maximum absolute atomic E-state index is 12.7. The Morgan fingerprint density at radius 1 is 1.04 bits per heavy atom. The fraction of sp³-hybridized carbons (Fsp3) is 0.286. The molecule has 2 aromatic rings. The molecule has 1 heterocycles. The van der Waals surface area contributed by atoms with Crippen molar-refractivity contribution in [1.29, 1.82) is 0 Å². The molecule has 0 atom stereocenters. The van der Waals surface area contributed by atoms with Crippen LogP contribution >= 0.6 is 0 Å². The van der Waals surface area contributed by atoms with Crippen LogP contribution in [-0.4, -0.2) is 21.3 Å². The summed E-state index contributed by atoms with van der Waals surface area (Å²) in [7, 11) is 0. The number of rotatable bonds is 3. The highest BCUT2D eigenvalue weighted by molar-refractivity contribution is 5.98. The van der Waals surface area contributed by atoms with Crippen LogP contribution in [0.1, 0.15) is 46.5 Å². The van der Waals surface area contributed by atoms with Gasteiger partial charge in [-0.2, -0.15) is 0 Å². The van der Waals surface area contributed by atoms with Gasteiger partial charge in [-0.3, -0.25) is 0 Å². The molecule has 0 saturated heterocycles. The molecule has 6 nitrogen and oxygen atoms in total. The first-order chi connectivity index (χ1) is 12.7. The van der Waals surface area contributed by atoms with Crippen molar-refractivity contribution in [3.8, 4) is 28.7 Å². The molecule has 3 N–H and O–H groups in total. The Bertz CT molecular complexity index is 968. The molecule has 0 amide bonds. The van der Waals surface area contributed by atoms with E-state index in [0.29, 0.717) is 23.1 Å². The number of allylic oxidation sites excluding steroid dienone is 2. The van der Waals surface area contributed by atoms with E-state index >= 15 is 0 Å². The highest BCUT2D eigenvalue weighted by atomic mass is 16.6. The first-order valence-corrected chi connectivity index (χ1v) is 8.59. The zero-order valence-corrected chi connectivity index (χ0v) is 15.7. The summed E-state index contributed by atoms with van der Waals surface area (Å²) in [6, 6.07) is 2.77. The van der Waals surface area contributed by atoms with Gasteiger partial charge in [0.15, 0.2) is 17.2 Å². The number of aryl methyl sites for hydroxylation is 1. The molecule has 0 aliphatic carbocycles. The van der Waals surface area contributed by atoms with E-state index in [9.17, 15) is 20.1 Å². The lowest BCUT2D eigenvalue weighted by Crippen LogP contribution is -2.11. The molecule has 0 fully saturated rings. The zero-order chi connectivity index (χ0) is 19.9. The van der Waals surface area contributed by atoms with E-state index in [4.69, 9.17) is 9.47 Å². The number of esters is 1. The van der Waals surface area contributed by atoms with Crippen LogP contribution in [0.3, 0.4) is 0 Å². The quantitative estimate of drug-likeness (QED) is 0.429. The number of hydrogen-bond acceptors (Lipinski definition) is 6. The molecule has 142 valence electrons. The third-order valence-corrected chi connectivity index (χ3v) is 4.64. The summed E-state index contributed by atoms with van der Waals surface area (Å²) in [5.74, 6) is -0.393. The van der Waals surface area contributed by atoms with Crippen molar-refractivity contribution in [3.63, 3.8) is 0 Å². The van der Waals surface area contributed by atoms with Crippen molar-refractivity contribution >= 4 is 5.97 Å². The molecule has 0 saturated carbocycles. The Kier molecular flexibility index (Phi) is 4.85. The van der Waals surface area contributed by atoms with E-state index in [-0.39, 0.29) is 39.9 Å². The van der Waals surface area contributed by atoms with Gasteiger partial charge in [0.25, 0.3) is 0 Å². The number of ether oxygens (including phenoxy) is 2. The number of aliphatic hydroxyl groups excluding tert-OH is 1. The summed E-state index contributed by atoms with van der Waals surface area (Å²) in [5, 5.41) is 30.2. The van der Waals surface area contributed by atoms with Crippen LogP contribution in [0.5, 0.6) is 28.7 Å². The lowest BCUT2D eigenvalue weighted by atomic mass is 10.0. The maximum atomic E-state index is 12.7. The number of hydrogen-bond donors (Lipinski definition) is 3. The van der Waals surface area contributed by atoms with Crippen molar-refractivity contribution in [2.45, 2.75) is 40.7 Å². The monoisotopic (exact) mass is 370 g/mol. The summed E-state index contributed by atoms with van der Waals surface area (Å²) >= 11 is 0. The maximum Gasteiger partial charge on any atom is 0.347 e. The molecule has 0 bridgehead atoms. The summed E-state index contributed by atoms with van der Waals surface area (Å²) in [5.41, 5.74) is 3.02. The van der Waals surface area contributed by atoms with Gasteiger partial charge in [-0.1, -0.05) is 11.6 Å². The van der Waals surface area contributed by atoms with Gasteiger partial charge >= 0.3 is 5.97 Å². The van der Waals surface area contributed by atoms with Gasteiger partial charge in [0.1, 0.15) is 17.1 Å². The van der Waals surface area contributed by atoms with E-state index in [1.54, 1.807) is 13.8 Å². The van der Waals surface area contributed by atoms with Crippen LogP contribution in [0.4, 0.5) is 0 Å². The average Bonchev–Trinajstić information content (AvgIpc) is 2.71. The summed E-state index contributed by atoms with van der Waals surface area (Å²) in [4.78, 5) is 12.7. The molecule has 3 rings (SSSR count). The van der Waals surface area contributed by atoms with Crippen LogP contribution < -0.4 is 9.47 Å². The number of fused-ring (bicyclic) bond motifs is 2. The number of phenolic OH excluding ortho intramolecular Hbond substituents is 1. The SMILES string of the molecule is CC(C)=CCc1c(O)cc2c(c1C)OC(=O)c1c(C)cc(O)c(CO)c1O2. The van der Waals surface area contributed by atoms with Crippen LogP contribution in [-0.2, 0) is 13.0 Å². The van der Waals surface area contributed by atoms with Crippen LogP contribution in [0.15, 0.2) is 23.8 Å². The Labute approximate surface area is 157 Å². The largest absolute Gasteiger partial charge is 0.508 e. The van der Waals surface area contributed by atoms with E-state index < -0.39 is 12.6 Å². The van der Waals surface area contributed by atoms with E-state index in [1.807, 2.05) is 19.9 Å². The number of aromatic hydroxyl groups is 2. The normalized spacial score (nSPS) is 12.4. The van der Waals surface area contributed by atoms with Crippen molar-refractivity contribution in [1.82, 2.24) is 0 Å². The highest BCUT2D eigenvalue weighted by Gasteiger charge is 2.31. The Morgan fingerprint density at radius 3 is 2.33 bits per heavy atom. The molecule has 2 aromatic carbocycles. The lowest BCUT2D eigenvalue weighted by Gasteiger charge is -2.15. The first-order valence-electron chi connectivity index (χ1n) is 8.59. The second-order valence-corrected chi connectivity index (χ2v) is 6.86. The van der Waals surface area contributed by atoms with Gasteiger partial charge in [-0.25, -0.2) is 4.79 Å². The summed E-state index contributed by atoms with van der Waals surface area (Å²) in [6.07, 6.45) is 2.45. The molecular formula is C21H22O6. The predicted octanol–water partition coefficient (Wildman–Crippen LogP) is 4.04. The number of carbonyl (C=O) groups is 1. The number of phenols is 2. The Hall–Kier alpha value is -2.99. The van der Waals surface area contributed by atoms with E-state index in [2.05, 4.69) is 0 Å². The fourth-order valence-corrected chi connectivity index (χ4v) is 3.14. The Morgan fingerprint density at radius 2 is 1.70 bits per heavy atom. The molecule has 1 aliphatic rings. The van der Waals surface area contributed by atoms with Crippen LogP contribution in [0, 0.1) is 13.8 Å². The van der Waals surface area contributed by atoms with Crippen molar-refractivity contribution in [3.05, 3.63) is 51.6 Å². The van der Waals surface area contributed by atoms with Crippen molar-refractivity contribution in [2.24, 2.45) is 0 Å². The molecule has 27 heavy (non-hydrogen) atoms. The number of benzene rings is 2.